The molecule has 408 valence electrons. The third-order valence-electron chi connectivity index (χ3n) is 12.8. The van der Waals surface area contributed by atoms with E-state index in [1.165, 1.54) is 180 Å². The first-order valence-electron chi connectivity index (χ1n) is 30.1. The molecular formula is C65H112O6. The van der Waals surface area contributed by atoms with E-state index in [1.54, 1.807) is 0 Å². The predicted octanol–water partition coefficient (Wildman–Crippen LogP) is 20.3. The van der Waals surface area contributed by atoms with Gasteiger partial charge in [0.05, 0.1) is 0 Å². The smallest absolute Gasteiger partial charge is 0.306 e. The third kappa shape index (κ3) is 57.4. The molecule has 0 fully saturated rings. The maximum atomic E-state index is 12.8. The normalized spacial score (nSPS) is 12.7. The number of carbonyl (C=O) groups excluding carboxylic acids is 3. The molecular weight excluding hydrogens is 877 g/mol. The van der Waals surface area contributed by atoms with Crippen LogP contribution in [-0.2, 0) is 28.6 Å². The van der Waals surface area contributed by atoms with Gasteiger partial charge in [-0.3, -0.25) is 14.4 Å². The monoisotopic (exact) mass is 989 g/mol. The van der Waals surface area contributed by atoms with Gasteiger partial charge in [0.2, 0.25) is 0 Å². The topological polar surface area (TPSA) is 78.9 Å². The first-order chi connectivity index (χ1) is 35.0. The van der Waals surface area contributed by atoms with E-state index in [0.29, 0.717) is 19.3 Å². The number of carbonyl (C=O) groups is 3. The summed E-state index contributed by atoms with van der Waals surface area (Å²) >= 11 is 0. The van der Waals surface area contributed by atoms with Gasteiger partial charge in [-0.05, 0) is 109 Å². The van der Waals surface area contributed by atoms with Gasteiger partial charge in [0.1, 0.15) is 13.2 Å². The van der Waals surface area contributed by atoms with E-state index in [0.717, 1.165) is 57.8 Å². The van der Waals surface area contributed by atoms with Crippen LogP contribution >= 0.6 is 0 Å². The fraction of sp³-hybridized carbons (Fsp3) is 0.738. The Morgan fingerprint density at radius 1 is 0.282 bits per heavy atom. The van der Waals surface area contributed by atoms with Crippen molar-refractivity contribution < 1.29 is 28.6 Å². The van der Waals surface area contributed by atoms with E-state index in [2.05, 4.69) is 106 Å². The van der Waals surface area contributed by atoms with Crippen molar-refractivity contribution in [3.8, 4) is 0 Å². The number of hydrogen-bond acceptors (Lipinski definition) is 6. The molecule has 0 aromatic heterocycles. The molecule has 0 saturated carbocycles. The Morgan fingerprint density at radius 2 is 0.521 bits per heavy atom. The average Bonchev–Trinajstić information content (AvgIpc) is 3.37. The maximum absolute atomic E-state index is 12.8. The van der Waals surface area contributed by atoms with Crippen LogP contribution in [-0.4, -0.2) is 37.2 Å². The van der Waals surface area contributed by atoms with E-state index >= 15 is 0 Å². The molecule has 6 nitrogen and oxygen atoms in total. The van der Waals surface area contributed by atoms with Crippen LogP contribution in [0.1, 0.15) is 290 Å². The first kappa shape index (κ1) is 67.6. The summed E-state index contributed by atoms with van der Waals surface area (Å²) < 4.78 is 16.8. The molecule has 0 bridgehead atoms. The van der Waals surface area contributed by atoms with Crippen LogP contribution in [0.25, 0.3) is 0 Å². The Bertz CT molecular complexity index is 1370. The summed E-state index contributed by atoms with van der Waals surface area (Å²) in [5, 5.41) is 0. The molecule has 0 spiro atoms. The second-order valence-corrected chi connectivity index (χ2v) is 19.9. The maximum Gasteiger partial charge on any atom is 0.306 e. The number of rotatable bonds is 54. The van der Waals surface area contributed by atoms with Crippen LogP contribution in [0, 0.1) is 0 Å². The van der Waals surface area contributed by atoms with Crippen LogP contribution in [0.4, 0.5) is 0 Å². The van der Waals surface area contributed by atoms with Crippen LogP contribution in [0.2, 0.25) is 0 Å². The Kier molecular flexibility index (Phi) is 56.3. The number of unbranched alkanes of at least 4 members (excludes halogenated alkanes) is 29. The lowest BCUT2D eigenvalue weighted by Gasteiger charge is -2.18. The summed E-state index contributed by atoms with van der Waals surface area (Å²) in [5.41, 5.74) is 0. The van der Waals surface area contributed by atoms with Gasteiger partial charge in [0.25, 0.3) is 0 Å². The Morgan fingerprint density at radius 3 is 0.859 bits per heavy atom. The van der Waals surface area contributed by atoms with Gasteiger partial charge >= 0.3 is 17.9 Å². The molecule has 0 unspecified atom stereocenters. The molecule has 0 aliphatic heterocycles. The fourth-order valence-corrected chi connectivity index (χ4v) is 8.29. The minimum Gasteiger partial charge on any atom is -0.462 e. The molecule has 0 rings (SSSR count). The molecule has 1 atom stereocenters. The SMILES string of the molecule is CCCCCCCC/C=C\C/C=C\C/C=C\CCCC(=O)OC[C@@H](COC(=O)CCCCCCCCCCC/C=C\CCCCCCCC)OC(=O)CCC/C=C\C/C=C\C/C=C\CCCCCCCC. The van der Waals surface area contributed by atoms with Crippen molar-refractivity contribution in [2.24, 2.45) is 0 Å². The lowest BCUT2D eigenvalue weighted by Crippen LogP contribution is -2.30. The third-order valence-corrected chi connectivity index (χ3v) is 12.8. The zero-order valence-electron chi connectivity index (χ0n) is 46.7. The highest BCUT2D eigenvalue weighted by atomic mass is 16.6. The van der Waals surface area contributed by atoms with Gasteiger partial charge in [0.15, 0.2) is 6.10 Å². The highest BCUT2D eigenvalue weighted by Gasteiger charge is 2.19. The molecule has 0 amide bonds. The number of allylic oxidation sites excluding steroid dienone is 14. The number of ether oxygens (including phenoxy) is 3. The molecule has 71 heavy (non-hydrogen) atoms. The standard InChI is InChI=1S/C65H112O6/c1-4-7-10-13-16-19-22-25-28-31-32-35-37-40-43-46-49-52-55-58-64(67)70-61-62(71-65(68)59-56-53-50-47-44-41-38-34-30-27-24-21-18-15-12-9-6-3)60-69-63(66)57-54-51-48-45-42-39-36-33-29-26-23-20-17-14-11-8-5-2/h25-30,36,38-39,41,45,47-48,50,62H,4-24,31-35,37,40,42-44,46,49,51-61H2,1-3H3/b28-25-,29-26-,30-27-,39-36-,41-38-,48-45-,50-47-/t62-/m0/s1. The Hall–Kier alpha value is -3.41. The molecule has 0 aliphatic carbocycles. The molecule has 6 heteroatoms. The second kappa shape index (κ2) is 59.2. The molecule has 0 aliphatic rings. The first-order valence-corrected chi connectivity index (χ1v) is 30.1. The second-order valence-electron chi connectivity index (χ2n) is 19.9. The Labute approximate surface area is 439 Å². The quantitative estimate of drug-likeness (QED) is 0.0261. The number of hydrogen-bond donors (Lipinski definition) is 0. The van der Waals surface area contributed by atoms with Gasteiger partial charge in [-0.1, -0.05) is 247 Å². The minimum atomic E-state index is -0.825. The number of esters is 3. The van der Waals surface area contributed by atoms with E-state index < -0.39 is 6.10 Å². The van der Waals surface area contributed by atoms with Crippen molar-refractivity contribution >= 4 is 17.9 Å². The molecule has 0 radical (unpaired) electrons. The van der Waals surface area contributed by atoms with Crippen molar-refractivity contribution in [1.29, 1.82) is 0 Å². The zero-order valence-corrected chi connectivity index (χ0v) is 46.7. The minimum absolute atomic E-state index is 0.113. The highest BCUT2D eigenvalue weighted by Crippen LogP contribution is 2.14. The van der Waals surface area contributed by atoms with Crippen LogP contribution in [0.3, 0.4) is 0 Å². The molecule has 0 N–H and O–H groups in total. The summed E-state index contributed by atoms with van der Waals surface area (Å²) in [4.78, 5) is 38.2. The predicted molar refractivity (Wildman–Crippen MR) is 307 cm³/mol. The summed E-state index contributed by atoms with van der Waals surface area (Å²) in [6, 6.07) is 0. The van der Waals surface area contributed by atoms with Crippen LogP contribution in [0.15, 0.2) is 85.1 Å². The molecule has 0 aromatic carbocycles. The van der Waals surface area contributed by atoms with Crippen LogP contribution in [0.5, 0.6) is 0 Å². The van der Waals surface area contributed by atoms with Crippen molar-refractivity contribution in [2.45, 2.75) is 297 Å². The summed E-state index contributed by atoms with van der Waals surface area (Å²) in [7, 11) is 0. The summed E-state index contributed by atoms with van der Waals surface area (Å²) in [6.45, 7) is 6.55. The van der Waals surface area contributed by atoms with Crippen molar-refractivity contribution in [3.63, 3.8) is 0 Å². The Balaban J connectivity index is 4.51. The van der Waals surface area contributed by atoms with Crippen molar-refractivity contribution in [2.75, 3.05) is 13.2 Å². The van der Waals surface area contributed by atoms with Gasteiger partial charge in [-0.25, -0.2) is 0 Å². The molecule has 0 heterocycles. The molecule has 0 saturated heterocycles. The van der Waals surface area contributed by atoms with Crippen molar-refractivity contribution in [1.82, 2.24) is 0 Å². The van der Waals surface area contributed by atoms with Gasteiger partial charge in [-0.15, -0.1) is 0 Å². The zero-order chi connectivity index (χ0) is 51.4. The van der Waals surface area contributed by atoms with E-state index in [-0.39, 0.29) is 44.0 Å². The van der Waals surface area contributed by atoms with Crippen LogP contribution < -0.4 is 0 Å². The summed E-state index contributed by atoms with van der Waals surface area (Å²) in [5.74, 6) is -1.02. The van der Waals surface area contributed by atoms with E-state index in [9.17, 15) is 14.4 Å². The average molecular weight is 990 g/mol. The van der Waals surface area contributed by atoms with Gasteiger partial charge < -0.3 is 14.2 Å². The van der Waals surface area contributed by atoms with Crippen molar-refractivity contribution in [3.05, 3.63) is 85.1 Å². The van der Waals surface area contributed by atoms with E-state index in [4.69, 9.17) is 14.2 Å². The lowest BCUT2D eigenvalue weighted by molar-refractivity contribution is -0.167. The molecule has 0 aromatic rings. The van der Waals surface area contributed by atoms with Gasteiger partial charge in [-0.2, -0.15) is 0 Å². The van der Waals surface area contributed by atoms with Gasteiger partial charge in [0, 0.05) is 19.3 Å². The van der Waals surface area contributed by atoms with E-state index in [1.807, 2.05) is 0 Å². The summed E-state index contributed by atoms with van der Waals surface area (Å²) in [6.07, 6.45) is 77.3. The lowest BCUT2D eigenvalue weighted by atomic mass is 10.1. The fourth-order valence-electron chi connectivity index (χ4n) is 8.29. The largest absolute Gasteiger partial charge is 0.462 e. The highest BCUT2D eigenvalue weighted by molar-refractivity contribution is 5.71.